The van der Waals surface area contributed by atoms with Gasteiger partial charge in [-0.1, -0.05) is 30.9 Å². The average molecular weight is 425 g/mol. The highest BCUT2D eigenvalue weighted by atomic mass is 19.4. The molecule has 0 fully saturated rings. The minimum absolute atomic E-state index is 0.0962. The fourth-order valence-corrected chi connectivity index (χ4v) is 4.14. The molecule has 0 radical (unpaired) electrons. The van der Waals surface area contributed by atoms with Crippen molar-refractivity contribution in [3.05, 3.63) is 88.9 Å². The molecule has 0 aromatic heterocycles. The van der Waals surface area contributed by atoms with Crippen LogP contribution >= 0.6 is 0 Å². The number of halogens is 3. The molecule has 31 heavy (non-hydrogen) atoms. The van der Waals surface area contributed by atoms with E-state index in [-0.39, 0.29) is 11.4 Å². The Balaban J connectivity index is 1.78. The maximum absolute atomic E-state index is 14.3. The zero-order valence-electron chi connectivity index (χ0n) is 17.8. The van der Waals surface area contributed by atoms with Crippen LogP contribution in [0.2, 0.25) is 0 Å². The number of rotatable bonds is 4. The summed E-state index contributed by atoms with van der Waals surface area (Å²) in [6.07, 6.45) is 6.90. The highest BCUT2D eigenvalue weighted by Crippen LogP contribution is 2.37. The fraction of sp³-hybridized carbons (Fsp3) is 0.320. The van der Waals surface area contributed by atoms with E-state index in [1.807, 2.05) is 12.1 Å². The molecule has 0 saturated heterocycles. The van der Waals surface area contributed by atoms with Crippen LogP contribution in [0.1, 0.15) is 38.2 Å². The van der Waals surface area contributed by atoms with E-state index in [4.69, 9.17) is 4.99 Å². The molecular formula is C25H26F3N3. The quantitative estimate of drug-likeness (QED) is 0.575. The number of aliphatic imine (C=N–C) groups is 1. The minimum atomic E-state index is -4.51. The van der Waals surface area contributed by atoms with Crippen molar-refractivity contribution in [1.82, 2.24) is 4.90 Å². The molecule has 2 heterocycles. The van der Waals surface area contributed by atoms with Crippen molar-refractivity contribution in [3.63, 3.8) is 0 Å². The third kappa shape index (κ3) is 4.38. The van der Waals surface area contributed by atoms with Crippen LogP contribution in [0, 0.1) is 6.92 Å². The van der Waals surface area contributed by atoms with E-state index >= 15 is 0 Å². The Hall–Kier alpha value is -3.02. The molecule has 6 heteroatoms. The van der Waals surface area contributed by atoms with E-state index in [9.17, 15) is 13.2 Å². The molecule has 0 amide bonds. The number of alkyl halides is 3. The van der Waals surface area contributed by atoms with Gasteiger partial charge >= 0.3 is 6.18 Å². The molecule has 1 atom stereocenters. The zero-order chi connectivity index (χ0) is 22.2. The number of hydrogen-bond donors (Lipinski definition) is 1. The van der Waals surface area contributed by atoms with Crippen LogP contribution < -0.4 is 5.32 Å². The molecule has 1 aromatic carbocycles. The first-order chi connectivity index (χ1) is 14.7. The second kappa shape index (κ2) is 8.25. The van der Waals surface area contributed by atoms with Crippen LogP contribution in [-0.4, -0.2) is 23.0 Å². The normalized spacial score (nSPS) is 20.1. The Morgan fingerprint density at radius 3 is 2.58 bits per heavy atom. The van der Waals surface area contributed by atoms with Gasteiger partial charge < -0.3 is 10.2 Å². The molecule has 1 N–H and O–H groups in total. The third-order valence-electron chi connectivity index (χ3n) is 5.74. The Labute approximate surface area is 181 Å². The van der Waals surface area contributed by atoms with Crippen LogP contribution in [0.3, 0.4) is 0 Å². The van der Waals surface area contributed by atoms with E-state index in [0.29, 0.717) is 22.7 Å². The Kier molecular flexibility index (Phi) is 5.65. The summed E-state index contributed by atoms with van der Waals surface area (Å²) < 4.78 is 42.9. The maximum Gasteiger partial charge on any atom is 0.412 e. The van der Waals surface area contributed by atoms with E-state index in [1.165, 1.54) is 0 Å². The summed E-state index contributed by atoms with van der Waals surface area (Å²) in [5.74, 6) is 0.281. The first-order valence-corrected chi connectivity index (χ1v) is 10.5. The van der Waals surface area contributed by atoms with Gasteiger partial charge in [0.2, 0.25) is 0 Å². The van der Waals surface area contributed by atoms with Crippen LogP contribution in [-0.2, 0) is 0 Å². The highest BCUT2D eigenvalue weighted by molar-refractivity contribution is 6.05. The molecule has 2 aliphatic heterocycles. The molecule has 0 bridgehead atoms. The SMILES string of the molecule is C=C1C=C(C2=CCCCC2)N=C2C(C(Nc3ccccc3C)C(F)(F)F)=CC(C)=CN12. The zero-order valence-corrected chi connectivity index (χ0v) is 17.8. The molecular weight excluding hydrogens is 399 g/mol. The second-order valence-electron chi connectivity index (χ2n) is 8.21. The van der Waals surface area contributed by atoms with Gasteiger partial charge in [0.15, 0.2) is 6.04 Å². The highest BCUT2D eigenvalue weighted by Gasteiger charge is 2.46. The second-order valence-corrected chi connectivity index (χ2v) is 8.21. The molecule has 1 aromatic rings. The number of nitrogens with one attached hydrogen (secondary N) is 1. The van der Waals surface area contributed by atoms with Crippen molar-refractivity contribution in [2.75, 3.05) is 5.32 Å². The predicted octanol–water partition coefficient (Wildman–Crippen LogP) is 6.79. The molecule has 0 spiro atoms. The maximum atomic E-state index is 14.3. The first kappa shape index (κ1) is 21.2. The van der Waals surface area contributed by atoms with Crippen molar-refractivity contribution in [1.29, 1.82) is 0 Å². The van der Waals surface area contributed by atoms with Gasteiger partial charge in [0, 0.05) is 23.2 Å². The van der Waals surface area contributed by atoms with Gasteiger partial charge in [-0.2, -0.15) is 13.2 Å². The summed E-state index contributed by atoms with van der Waals surface area (Å²) in [7, 11) is 0. The minimum Gasteiger partial charge on any atom is -0.370 e. The van der Waals surface area contributed by atoms with Crippen molar-refractivity contribution < 1.29 is 13.2 Å². The Bertz CT molecular complexity index is 1050. The lowest BCUT2D eigenvalue weighted by Crippen LogP contribution is -2.45. The number of nitrogens with zero attached hydrogens (tertiary/aromatic N) is 2. The van der Waals surface area contributed by atoms with E-state index < -0.39 is 12.2 Å². The van der Waals surface area contributed by atoms with Crippen LogP contribution in [0.15, 0.2) is 88.4 Å². The molecule has 1 unspecified atom stereocenters. The predicted molar refractivity (Wildman–Crippen MR) is 120 cm³/mol. The topological polar surface area (TPSA) is 27.6 Å². The first-order valence-electron chi connectivity index (χ1n) is 10.5. The summed E-state index contributed by atoms with van der Waals surface area (Å²) in [5.41, 5.74) is 4.43. The van der Waals surface area contributed by atoms with E-state index in [0.717, 1.165) is 36.8 Å². The Morgan fingerprint density at radius 2 is 1.90 bits per heavy atom. The lowest BCUT2D eigenvalue weighted by molar-refractivity contribution is -0.133. The van der Waals surface area contributed by atoms with Gasteiger partial charge in [-0.3, -0.25) is 0 Å². The number of para-hydroxylation sites is 1. The van der Waals surface area contributed by atoms with Gasteiger partial charge in [-0.05, 0) is 74.5 Å². The number of fused-ring (bicyclic) bond motifs is 1. The summed E-state index contributed by atoms with van der Waals surface area (Å²) in [4.78, 5) is 6.38. The number of aryl methyl sites for hydroxylation is 1. The van der Waals surface area contributed by atoms with Crippen LogP contribution in [0.25, 0.3) is 0 Å². The standard InChI is InChI=1S/C25H26F3N3/c1-16-13-20(23(25(26,27)28)29-21-12-8-7-9-17(21)2)24-30-22(14-18(3)31(24)15-16)19-10-5-4-6-11-19/h7-10,12-15,23,29H,3-6,11H2,1-2H3. The molecule has 3 aliphatic rings. The largest absolute Gasteiger partial charge is 0.412 e. The molecule has 4 rings (SSSR count). The number of hydrogen-bond acceptors (Lipinski definition) is 3. The molecule has 1 aliphatic carbocycles. The molecule has 3 nitrogen and oxygen atoms in total. The summed E-state index contributed by atoms with van der Waals surface area (Å²) in [6, 6.07) is 5.09. The van der Waals surface area contributed by atoms with Crippen LogP contribution in [0.4, 0.5) is 18.9 Å². The van der Waals surface area contributed by atoms with Gasteiger partial charge in [-0.15, -0.1) is 0 Å². The van der Waals surface area contributed by atoms with Crippen molar-refractivity contribution in [2.24, 2.45) is 4.99 Å². The summed E-state index contributed by atoms with van der Waals surface area (Å²) in [6.45, 7) is 7.68. The molecule has 162 valence electrons. The van der Waals surface area contributed by atoms with Crippen molar-refractivity contribution in [3.8, 4) is 0 Å². The smallest absolute Gasteiger partial charge is 0.370 e. The Morgan fingerprint density at radius 1 is 1.13 bits per heavy atom. The lowest BCUT2D eigenvalue weighted by Gasteiger charge is -2.36. The van der Waals surface area contributed by atoms with Gasteiger partial charge in [0.25, 0.3) is 0 Å². The molecule has 0 saturated carbocycles. The fourth-order valence-electron chi connectivity index (χ4n) is 4.14. The van der Waals surface area contributed by atoms with Crippen LogP contribution in [0.5, 0.6) is 0 Å². The van der Waals surface area contributed by atoms with Crippen molar-refractivity contribution in [2.45, 2.75) is 51.7 Å². The van der Waals surface area contributed by atoms with E-state index in [1.54, 1.807) is 49.2 Å². The van der Waals surface area contributed by atoms with Gasteiger partial charge in [0.05, 0.1) is 5.70 Å². The average Bonchev–Trinajstić information content (AvgIpc) is 2.73. The van der Waals surface area contributed by atoms with Gasteiger partial charge in [0.1, 0.15) is 5.84 Å². The monoisotopic (exact) mass is 425 g/mol. The lowest BCUT2D eigenvalue weighted by atomic mass is 9.93. The summed E-state index contributed by atoms with van der Waals surface area (Å²) in [5, 5.41) is 2.73. The summed E-state index contributed by atoms with van der Waals surface area (Å²) >= 11 is 0. The number of amidine groups is 1. The van der Waals surface area contributed by atoms with Crippen molar-refractivity contribution >= 4 is 11.5 Å². The number of benzene rings is 1. The number of anilines is 1. The van der Waals surface area contributed by atoms with E-state index in [2.05, 4.69) is 18.0 Å². The third-order valence-corrected chi connectivity index (χ3v) is 5.74. The number of allylic oxidation sites excluding steroid dienone is 5. The van der Waals surface area contributed by atoms with Gasteiger partial charge in [-0.25, -0.2) is 4.99 Å².